The highest BCUT2D eigenvalue weighted by molar-refractivity contribution is 6.11. The first kappa shape index (κ1) is 27.8. The van der Waals surface area contributed by atoms with Gasteiger partial charge in [0.1, 0.15) is 16.9 Å². The molecule has 0 saturated heterocycles. The molecule has 2 nitrogen and oxygen atoms in total. The van der Waals surface area contributed by atoms with Crippen molar-refractivity contribution >= 4 is 21.9 Å². The number of aromatic hydroxyl groups is 1. The third-order valence-corrected chi connectivity index (χ3v) is 13.5. The topological polar surface area (TPSA) is 33.4 Å². The molecule has 7 aromatic rings. The van der Waals surface area contributed by atoms with Gasteiger partial charge in [0.05, 0.1) is 0 Å². The van der Waals surface area contributed by atoms with Gasteiger partial charge in [0.15, 0.2) is 0 Å². The predicted molar refractivity (Wildman–Crippen MR) is 198 cm³/mol. The standard InChI is InChI=1S/C47H38O2/c1-28-12-3-5-14-31(28)34-16-7-9-19-36(34)45-24-30-25-46(43-38(48)22-23-40-42(43)41-33(30)18-11-21-39(41)49-40)27-47(26-45,44(45)46)37-20-10-8-17-35(37)32-15-6-4-13-29(32)2/h3-23,30,44,48H,24-27H2,1-2H3. The van der Waals surface area contributed by atoms with Gasteiger partial charge < -0.3 is 9.52 Å². The van der Waals surface area contributed by atoms with E-state index in [0.717, 1.165) is 47.8 Å². The molecular weight excluding hydrogens is 597 g/mol. The lowest BCUT2D eigenvalue weighted by molar-refractivity contribution is -0.201. The zero-order valence-electron chi connectivity index (χ0n) is 28.0. The summed E-state index contributed by atoms with van der Waals surface area (Å²) in [5.41, 5.74) is 15.1. The molecular formula is C47H38O2. The molecule has 0 radical (unpaired) electrons. The molecule has 0 aliphatic heterocycles. The van der Waals surface area contributed by atoms with Crippen LogP contribution in [0.4, 0.5) is 0 Å². The molecule has 238 valence electrons. The van der Waals surface area contributed by atoms with Crippen LogP contribution in [-0.2, 0) is 16.2 Å². The molecule has 2 heteroatoms. The van der Waals surface area contributed by atoms with E-state index in [1.165, 1.54) is 55.5 Å². The van der Waals surface area contributed by atoms with Crippen molar-refractivity contribution in [1.29, 1.82) is 0 Å². The normalized spacial score (nSPS) is 27.4. The van der Waals surface area contributed by atoms with Crippen LogP contribution >= 0.6 is 0 Å². The lowest BCUT2D eigenvalue weighted by Gasteiger charge is -2.82. The van der Waals surface area contributed by atoms with Crippen LogP contribution < -0.4 is 0 Å². The first-order valence-corrected chi connectivity index (χ1v) is 17.9. The number of hydrogen-bond acceptors (Lipinski definition) is 2. The molecule has 6 aromatic carbocycles. The quantitative estimate of drug-likeness (QED) is 0.209. The Hall–Kier alpha value is -5.08. The molecule has 3 fully saturated rings. The van der Waals surface area contributed by atoms with Crippen molar-refractivity contribution in [1.82, 2.24) is 0 Å². The maximum absolute atomic E-state index is 12.1. The molecule has 0 amide bonds. The van der Waals surface area contributed by atoms with Crippen LogP contribution in [0.1, 0.15) is 65.0 Å². The first-order valence-electron chi connectivity index (χ1n) is 17.9. The van der Waals surface area contributed by atoms with Gasteiger partial charge in [-0.15, -0.1) is 0 Å². The summed E-state index contributed by atoms with van der Waals surface area (Å²) in [7, 11) is 0. The Kier molecular flexibility index (Phi) is 5.30. The van der Waals surface area contributed by atoms with Crippen LogP contribution in [0.2, 0.25) is 0 Å². The van der Waals surface area contributed by atoms with Crippen LogP contribution in [0.25, 0.3) is 44.2 Å². The number of furan rings is 1. The van der Waals surface area contributed by atoms with Gasteiger partial charge in [-0.3, -0.25) is 0 Å². The molecule has 1 spiro atoms. The minimum Gasteiger partial charge on any atom is -0.508 e. The van der Waals surface area contributed by atoms with Gasteiger partial charge in [0.25, 0.3) is 0 Å². The van der Waals surface area contributed by atoms with Crippen molar-refractivity contribution < 1.29 is 9.52 Å². The van der Waals surface area contributed by atoms with Gasteiger partial charge in [0.2, 0.25) is 0 Å². The van der Waals surface area contributed by atoms with Gasteiger partial charge in [0, 0.05) is 32.6 Å². The molecule has 1 N–H and O–H groups in total. The SMILES string of the molecule is Cc1ccccc1-c1ccccc1C12CC3CC4(CC(c5ccccc5-c5ccccc5C)(C1)C24)c1c(O)ccc2oc4cccc3c4c12. The summed E-state index contributed by atoms with van der Waals surface area (Å²) >= 11 is 0. The number of phenolic OH excluding ortho intramolecular Hbond substituents is 1. The van der Waals surface area contributed by atoms with Crippen LogP contribution in [0, 0.1) is 19.8 Å². The molecule has 1 aromatic heterocycles. The molecule has 3 saturated carbocycles. The largest absolute Gasteiger partial charge is 0.508 e. The summed E-state index contributed by atoms with van der Waals surface area (Å²) in [5.74, 6) is 1.12. The molecule has 2 bridgehead atoms. The summed E-state index contributed by atoms with van der Waals surface area (Å²) < 4.78 is 6.56. The van der Waals surface area contributed by atoms with Gasteiger partial charge in [-0.1, -0.05) is 109 Å². The van der Waals surface area contributed by atoms with Crippen LogP contribution in [0.3, 0.4) is 0 Å². The molecule has 4 aliphatic rings. The van der Waals surface area contributed by atoms with E-state index in [1.807, 2.05) is 12.1 Å². The van der Waals surface area contributed by atoms with Crippen molar-refractivity contribution in [2.24, 2.45) is 5.92 Å². The average Bonchev–Trinajstić information content (AvgIpc) is 3.43. The van der Waals surface area contributed by atoms with Crippen LogP contribution in [-0.4, -0.2) is 5.11 Å². The van der Waals surface area contributed by atoms with E-state index >= 15 is 0 Å². The lowest BCUT2D eigenvalue weighted by atomic mass is 9.21. The Morgan fingerprint density at radius 1 is 0.531 bits per heavy atom. The monoisotopic (exact) mass is 634 g/mol. The summed E-state index contributed by atoms with van der Waals surface area (Å²) in [6.45, 7) is 4.49. The Morgan fingerprint density at radius 2 is 1.08 bits per heavy atom. The smallest absolute Gasteiger partial charge is 0.136 e. The fourth-order valence-corrected chi connectivity index (χ4v) is 12.3. The summed E-state index contributed by atoms with van der Waals surface area (Å²) in [6.07, 6.45) is 4.29. The number of phenols is 1. The molecule has 4 aliphatic carbocycles. The van der Waals surface area contributed by atoms with Gasteiger partial charge >= 0.3 is 0 Å². The Labute approximate surface area is 287 Å². The van der Waals surface area contributed by atoms with Gasteiger partial charge in [-0.25, -0.2) is 0 Å². The second-order valence-electron chi connectivity index (χ2n) is 15.7. The van der Waals surface area contributed by atoms with E-state index in [0.29, 0.717) is 17.6 Å². The van der Waals surface area contributed by atoms with Crippen molar-refractivity contribution in [3.8, 4) is 28.0 Å². The minimum atomic E-state index is -0.182. The Morgan fingerprint density at radius 3 is 1.76 bits per heavy atom. The van der Waals surface area contributed by atoms with Crippen LogP contribution in [0.15, 0.2) is 132 Å². The predicted octanol–water partition coefficient (Wildman–Crippen LogP) is 11.7. The van der Waals surface area contributed by atoms with Crippen molar-refractivity contribution in [2.45, 2.75) is 61.7 Å². The number of rotatable bonds is 4. The van der Waals surface area contributed by atoms with Crippen molar-refractivity contribution in [2.75, 3.05) is 0 Å². The van der Waals surface area contributed by atoms with E-state index < -0.39 is 0 Å². The number of aryl methyl sites for hydroxylation is 2. The highest BCUT2D eigenvalue weighted by Crippen LogP contribution is 2.85. The van der Waals surface area contributed by atoms with E-state index in [4.69, 9.17) is 4.42 Å². The summed E-state index contributed by atoms with van der Waals surface area (Å²) in [5, 5.41) is 14.5. The average molecular weight is 635 g/mol. The molecule has 49 heavy (non-hydrogen) atoms. The summed E-state index contributed by atoms with van der Waals surface area (Å²) in [4.78, 5) is 0. The number of hydrogen-bond donors (Lipinski definition) is 1. The Balaban J connectivity index is 1.22. The van der Waals surface area contributed by atoms with Crippen molar-refractivity contribution in [3.05, 3.63) is 161 Å². The second kappa shape index (κ2) is 9.33. The summed E-state index contributed by atoms with van der Waals surface area (Å²) in [6, 6.07) is 46.9. The van der Waals surface area contributed by atoms with E-state index in [2.05, 4.69) is 129 Å². The highest BCUT2D eigenvalue weighted by Gasteiger charge is 2.82. The third-order valence-electron chi connectivity index (χ3n) is 13.5. The minimum absolute atomic E-state index is 0.00330. The molecule has 5 atom stereocenters. The maximum Gasteiger partial charge on any atom is 0.136 e. The number of benzene rings is 6. The van der Waals surface area contributed by atoms with E-state index in [-0.39, 0.29) is 16.2 Å². The fourth-order valence-electron chi connectivity index (χ4n) is 12.3. The molecule has 5 unspecified atom stereocenters. The van der Waals surface area contributed by atoms with Crippen molar-refractivity contribution in [3.63, 3.8) is 0 Å². The molecule has 1 heterocycles. The molecule has 11 rings (SSSR count). The second-order valence-corrected chi connectivity index (χ2v) is 15.7. The fraction of sp³-hybridized carbons (Fsp3) is 0.234. The lowest BCUT2D eigenvalue weighted by Crippen LogP contribution is -2.80. The van der Waals surface area contributed by atoms with Gasteiger partial charge in [-0.05, 0) is 120 Å². The van der Waals surface area contributed by atoms with E-state index in [9.17, 15) is 5.11 Å². The van der Waals surface area contributed by atoms with E-state index in [1.54, 1.807) is 0 Å². The third kappa shape index (κ3) is 3.28. The highest BCUT2D eigenvalue weighted by atomic mass is 16.3. The Bertz CT molecular complexity index is 2540. The first-order chi connectivity index (χ1) is 24.0. The zero-order chi connectivity index (χ0) is 32.7. The maximum atomic E-state index is 12.1. The van der Waals surface area contributed by atoms with Crippen LogP contribution in [0.5, 0.6) is 5.75 Å². The number of fused-ring (bicyclic) bond motifs is 2. The van der Waals surface area contributed by atoms with Gasteiger partial charge in [-0.2, -0.15) is 0 Å². The zero-order valence-corrected chi connectivity index (χ0v) is 28.0.